The molecule has 0 saturated heterocycles. The summed E-state index contributed by atoms with van der Waals surface area (Å²) in [7, 11) is 0. The Bertz CT molecular complexity index is 942. The average Bonchev–Trinajstić information content (AvgIpc) is 2.79. The Kier molecular flexibility index (Phi) is 6.79. The summed E-state index contributed by atoms with van der Waals surface area (Å²) in [6.45, 7) is 8.54. The molecule has 0 aromatic heterocycles. The van der Waals surface area contributed by atoms with Crippen molar-refractivity contribution < 1.29 is 10.2 Å². The maximum atomic E-state index is 10.1. The van der Waals surface area contributed by atoms with E-state index >= 15 is 0 Å². The molecule has 0 spiro atoms. The van der Waals surface area contributed by atoms with Crippen LogP contribution in [-0.4, -0.2) is 10.2 Å². The Labute approximate surface area is 193 Å². The van der Waals surface area contributed by atoms with Gasteiger partial charge in [-0.3, -0.25) is 0 Å². The van der Waals surface area contributed by atoms with Crippen LogP contribution in [0, 0.1) is 11.8 Å². The summed E-state index contributed by atoms with van der Waals surface area (Å²) in [5, 5.41) is 20.3. The summed E-state index contributed by atoms with van der Waals surface area (Å²) >= 11 is 0. The van der Waals surface area contributed by atoms with Gasteiger partial charge in [0.15, 0.2) is 0 Å². The highest BCUT2D eigenvalue weighted by molar-refractivity contribution is 5.69. The largest absolute Gasteiger partial charge is 0.508 e. The van der Waals surface area contributed by atoms with Crippen LogP contribution in [0.3, 0.4) is 0 Å². The maximum absolute atomic E-state index is 10.1. The minimum atomic E-state index is 0.334. The molecule has 0 saturated carbocycles. The van der Waals surface area contributed by atoms with Crippen molar-refractivity contribution in [3.63, 3.8) is 0 Å². The van der Waals surface area contributed by atoms with E-state index in [0.29, 0.717) is 23.3 Å². The van der Waals surface area contributed by atoms with Crippen molar-refractivity contribution in [1.82, 2.24) is 0 Å². The number of benzene rings is 2. The fourth-order valence-corrected chi connectivity index (χ4v) is 5.52. The average molecular weight is 431 g/mol. The molecule has 4 rings (SSSR count). The highest BCUT2D eigenvalue weighted by atomic mass is 16.3. The summed E-state index contributed by atoms with van der Waals surface area (Å²) in [5.74, 6) is 3.03. The molecule has 32 heavy (non-hydrogen) atoms. The van der Waals surface area contributed by atoms with Crippen molar-refractivity contribution in [3.05, 3.63) is 70.8 Å². The Morgan fingerprint density at radius 3 is 1.38 bits per heavy atom. The minimum absolute atomic E-state index is 0.334. The van der Waals surface area contributed by atoms with Gasteiger partial charge in [-0.05, 0) is 120 Å². The Morgan fingerprint density at radius 2 is 1.06 bits per heavy atom. The first-order valence-corrected chi connectivity index (χ1v) is 12.4. The number of hydrogen-bond donors (Lipinski definition) is 2. The lowest BCUT2D eigenvalue weighted by atomic mass is 9.73. The van der Waals surface area contributed by atoms with Gasteiger partial charge in [0.25, 0.3) is 0 Å². The van der Waals surface area contributed by atoms with Gasteiger partial charge >= 0.3 is 0 Å². The van der Waals surface area contributed by atoms with E-state index in [1.807, 2.05) is 12.1 Å². The summed E-state index contributed by atoms with van der Waals surface area (Å²) in [5.41, 5.74) is 7.55. The standard InChI is InChI=1S/C30H38O2/c1-19(2)27-17-25(13-15-29(27)31)23-9-5-21(6-10-23)22-7-11-24(12-8-22)26-14-16-30(32)28(18-26)20(3)4/h9,11,13-22,31-32H,5-8,10,12H2,1-4H3. The molecular weight excluding hydrogens is 392 g/mol. The lowest BCUT2D eigenvalue weighted by molar-refractivity contribution is 0.292. The second-order valence-corrected chi connectivity index (χ2v) is 10.4. The lowest BCUT2D eigenvalue weighted by Gasteiger charge is -2.32. The van der Waals surface area contributed by atoms with Crippen molar-refractivity contribution in [2.45, 2.75) is 78.1 Å². The molecular formula is C30H38O2. The predicted molar refractivity (Wildman–Crippen MR) is 135 cm³/mol. The van der Waals surface area contributed by atoms with Crippen LogP contribution in [0.15, 0.2) is 48.6 Å². The van der Waals surface area contributed by atoms with E-state index < -0.39 is 0 Å². The van der Waals surface area contributed by atoms with E-state index in [4.69, 9.17) is 0 Å². The van der Waals surface area contributed by atoms with Gasteiger partial charge < -0.3 is 10.2 Å². The van der Waals surface area contributed by atoms with Crippen LogP contribution in [0.4, 0.5) is 0 Å². The molecule has 2 N–H and O–H groups in total. The normalized spacial score (nSPS) is 21.6. The molecule has 0 aliphatic heterocycles. The number of allylic oxidation sites excluding steroid dienone is 4. The zero-order valence-corrected chi connectivity index (χ0v) is 20.1. The van der Waals surface area contributed by atoms with E-state index in [-0.39, 0.29) is 0 Å². The number of phenols is 2. The maximum Gasteiger partial charge on any atom is 0.119 e. The highest BCUT2D eigenvalue weighted by Crippen LogP contribution is 2.42. The molecule has 2 atom stereocenters. The Morgan fingerprint density at radius 1 is 0.656 bits per heavy atom. The van der Waals surface area contributed by atoms with Crippen molar-refractivity contribution in [3.8, 4) is 11.5 Å². The van der Waals surface area contributed by atoms with Crippen LogP contribution in [0.25, 0.3) is 11.1 Å². The van der Waals surface area contributed by atoms with E-state index in [0.717, 1.165) is 48.6 Å². The van der Waals surface area contributed by atoms with Gasteiger partial charge in [-0.15, -0.1) is 0 Å². The third-order valence-electron chi connectivity index (χ3n) is 7.61. The van der Waals surface area contributed by atoms with Crippen LogP contribution in [0.2, 0.25) is 0 Å². The number of phenolic OH excluding ortho intramolecular Hbond substituents is 2. The van der Waals surface area contributed by atoms with Gasteiger partial charge in [0, 0.05) is 0 Å². The third kappa shape index (κ3) is 4.80. The van der Waals surface area contributed by atoms with Crippen molar-refractivity contribution >= 4 is 11.1 Å². The monoisotopic (exact) mass is 430 g/mol. The number of rotatable bonds is 5. The van der Waals surface area contributed by atoms with Crippen LogP contribution in [0.1, 0.15) is 100 Å². The number of hydrogen-bond acceptors (Lipinski definition) is 2. The zero-order chi connectivity index (χ0) is 22.8. The van der Waals surface area contributed by atoms with Gasteiger partial charge in [0.2, 0.25) is 0 Å². The van der Waals surface area contributed by atoms with Crippen LogP contribution >= 0.6 is 0 Å². The fourth-order valence-electron chi connectivity index (χ4n) is 5.52. The molecule has 2 aliphatic carbocycles. The highest BCUT2D eigenvalue weighted by Gasteiger charge is 2.26. The summed E-state index contributed by atoms with van der Waals surface area (Å²) in [4.78, 5) is 0. The zero-order valence-electron chi connectivity index (χ0n) is 20.1. The van der Waals surface area contributed by atoms with E-state index in [9.17, 15) is 10.2 Å². The predicted octanol–water partition coefficient (Wildman–Crippen LogP) is 8.41. The minimum Gasteiger partial charge on any atom is -0.508 e. The Balaban J connectivity index is 1.42. The summed E-state index contributed by atoms with van der Waals surface area (Å²) in [6, 6.07) is 12.2. The molecule has 2 unspecified atom stereocenters. The first-order chi connectivity index (χ1) is 15.3. The number of aromatic hydroxyl groups is 2. The van der Waals surface area contributed by atoms with Crippen LogP contribution in [-0.2, 0) is 0 Å². The van der Waals surface area contributed by atoms with Crippen molar-refractivity contribution in [2.24, 2.45) is 11.8 Å². The van der Waals surface area contributed by atoms with E-state index in [2.05, 4.69) is 64.1 Å². The molecule has 0 bridgehead atoms. The molecule has 2 aromatic carbocycles. The van der Waals surface area contributed by atoms with Gasteiger partial charge in [-0.2, -0.15) is 0 Å². The first kappa shape index (κ1) is 22.7. The molecule has 2 aliphatic rings. The topological polar surface area (TPSA) is 40.5 Å². The fraction of sp³-hybridized carbons (Fsp3) is 0.467. The lowest BCUT2D eigenvalue weighted by Crippen LogP contribution is -2.19. The molecule has 2 nitrogen and oxygen atoms in total. The van der Waals surface area contributed by atoms with E-state index in [1.54, 1.807) is 0 Å². The second kappa shape index (κ2) is 9.57. The third-order valence-corrected chi connectivity index (χ3v) is 7.61. The van der Waals surface area contributed by atoms with E-state index in [1.165, 1.54) is 35.1 Å². The molecule has 0 fully saturated rings. The van der Waals surface area contributed by atoms with Gasteiger partial charge in [-0.25, -0.2) is 0 Å². The van der Waals surface area contributed by atoms with Crippen molar-refractivity contribution in [2.75, 3.05) is 0 Å². The quantitative estimate of drug-likeness (QED) is 0.500. The molecule has 0 heterocycles. The van der Waals surface area contributed by atoms with Crippen molar-refractivity contribution in [1.29, 1.82) is 0 Å². The Hall–Kier alpha value is -2.48. The summed E-state index contributed by atoms with van der Waals surface area (Å²) < 4.78 is 0. The molecule has 2 heteroatoms. The second-order valence-electron chi connectivity index (χ2n) is 10.4. The van der Waals surface area contributed by atoms with Crippen LogP contribution < -0.4 is 0 Å². The molecule has 2 aromatic rings. The smallest absolute Gasteiger partial charge is 0.119 e. The van der Waals surface area contributed by atoms with Crippen LogP contribution in [0.5, 0.6) is 11.5 Å². The molecule has 0 amide bonds. The molecule has 170 valence electrons. The van der Waals surface area contributed by atoms with Gasteiger partial charge in [0.05, 0.1) is 0 Å². The van der Waals surface area contributed by atoms with Gasteiger partial charge in [-0.1, -0.05) is 52.0 Å². The summed E-state index contributed by atoms with van der Waals surface area (Å²) in [6.07, 6.45) is 12.0. The first-order valence-electron chi connectivity index (χ1n) is 12.4. The van der Waals surface area contributed by atoms with Gasteiger partial charge in [0.1, 0.15) is 11.5 Å². The molecule has 0 radical (unpaired) electrons. The SMILES string of the molecule is CC(C)c1cc(C2=CCC(C3CC=C(c4ccc(O)c(C(C)C)c4)CC3)CC2)ccc1O.